The van der Waals surface area contributed by atoms with Gasteiger partial charge in [0.25, 0.3) is 0 Å². The highest BCUT2D eigenvalue weighted by atomic mass is 79.9. The van der Waals surface area contributed by atoms with E-state index in [4.69, 9.17) is 22.2 Å². The quantitative estimate of drug-likeness (QED) is 0.796. The molecule has 2 nitrogen and oxygen atoms in total. The molecule has 1 unspecified atom stereocenters. The van der Waals surface area contributed by atoms with E-state index in [1.165, 1.54) is 5.56 Å². The van der Waals surface area contributed by atoms with Crippen LogP contribution in [0.25, 0.3) is 0 Å². The van der Waals surface area contributed by atoms with Gasteiger partial charge in [-0.1, -0.05) is 28.1 Å². The highest BCUT2D eigenvalue weighted by Crippen LogP contribution is 2.13. The molecule has 0 spiro atoms. The number of benzene rings is 1. The second-order valence-corrected chi connectivity index (χ2v) is 4.88. The largest absolute Gasteiger partial charge is 0.469 e. The molecule has 1 atom stereocenters. The van der Waals surface area contributed by atoms with Crippen LogP contribution in [0, 0.1) is 11.3 Å². The maximum atomic E-state index is 8.85. The van der Waals surface area contributed by atoms with E-state index < -0.39 is 6.10 Å². The van der Waals surface area contributed by atoms with Gasteiger partial charge >= 0.3 is 0 Å². The van der Waals surface area contributed by atoms with E-state index in [1.807, 2.05) is 24.3 Å². The lowest BCUT2D eigenvalue weighted by Crippen LogP contribution is -2.13. The summed E-state index contributed by atoms with van der Waals surface area (Å²) >= 11 is 8.18. The summed E-state index contributed by atoms with van der Waals surface area (Å²) in [5.41, 5.74) is 1.19. The third kappa shape index (κ3) is 4.73. The number of hydrogen-bond donors (Lipinski definition) is 0. The second kappa shape index (κ2) is 6.62. The molecule has 4 heteroatoms. The summed E-state index contributed by atoms with van der Waals surface area (Å²) in [6, 6.07) is 10.1. The summed E-state index contributed by atoms with van der Waals surface area (Å²) in [5, 5.41) is 9.27. The summed E-state index contributed by atoms with van der Waals surface area (Å²) in [4.78, 5) is 0. The Morgan fingerprint density at radius 1 is 1.50 bits per heavy atom. The van der Waals surface area contributed by atoms with Crippen molar-refractivity contribution in [3.63, 3.8) is 0 Å². The zero-order chi connectivity index (χ0) is 12.0. The number of nitriles is 1. The van der Waals surface area contributed by atoms with E-state index in [-0.39, 0.29) is 0 Å². The van der Waals surface area contributed by atoms with Crippen molar-refractivity contribution >= 4 is 33.2 Å². The van der Waals surface area contributed by atoms with Crippen molar-refractivity contribution < 1.29 is 4.74 Å². The van der Waals surface area contributed by atoms with Crippen molar-refractivity contribution in [1.82, 2.24) is 0 Å². The van der Waals surface area contributed by atoms with Gasteiger partial charge < -0.3 is 4.74 Å². The van der Waals surface area contributed by atoms with Gasteiger partial charge in [-0.05, 0) is 36.3 Å². The van der Waals surface area contributed by atoms with Crippen molar-refractivity contribution in [3.05, 3.63) is 34.3 Å². The molecule has 0 heterocycles. The SMILES string of the molecule is CC(=S)OC(C#N)CCc1ccc(Br)cc1. The molecule has 0 aliphatic rings. The summed E-state index contributed by atoms with van der Waals surface area (Å²) in [6.07, 6.45) is 1.03. The Hall–Kier alpha value is -0.920. The van der Waals surface area contributed by atoms with Crippen LogP contribution < -0.4 is 0 Å². The Balaban J connectivity index is 2.47. The highest BCUT2D eigenvalue weighted by Gasteiger charge is 2.08. The second-order valence-electron chi connectivity index (χ2n) is 3.39. The molecule has 1 aromatic carbocycles. The number of rotatable bonds is 4. The maximum absolute atomic E-state index is 8.85. The Morgan fingerprint density at radius 3 is 2.62 bits per heavy atom. The minimum atomic E-state index is -0.443. The minimum absolute atomic E-state index is 0.419. The molecule has 0 N–H and O–H groups in total. The molecular formula is C12H12BrNOS. The fourth-order valence-electron chi connectivity index (χ4n) is 1.30. The molecular weight excluding hydrogens is 286 g/mol. The van der Waals surface area contributed by atoms with Crippen LogP contribution in [0.15, 0.2) is 28.7 Å². The maximum Gasteiger partial charge on any atom is 0.185 e. The molecule has 0 bridgehead atoms. The fourth-order valence-corrected chi connectivity index (χ4v) is 1.68. The van der Waals surface area contributed by atoms with E-state index in [9.17, 15) is 0 Å². The first-order chi connectivity index (χ1) is 7.61. The van der Waals surface area contributed by atoms with E-state index in [0.717, 1.165) is 10.9 Å². The molecule has 1 aromatic rings. The number of ether oxygens (including phenoxy) is 1. The van der Waals surface area contributed by atoms with Gasteiger partial charge in [-0.2, -0.15) is 5.26 Å². The first-order valence-electron chi connectivity index (χ1n) is 4.93. The van der Waals surface area contributed by atoms with Gasteiger partial charge in [0.2, 0.25) is 0 Å². The van der Waals surface area contributed by atoms with Gasteiger partial charge in [0.05, 0.1) is 0 Å². The third-order valence-corrected chi connectivity index (χ3v) is 2.69. The monoisotopic (exact) mass is 297 g/mol. The molecule has 0 amide bonds. The Bertz CT molecular complexity index is 396. The van der Waals surface area contributed by atoms with E-state index >= 15 is 0 Å². The van der Waals surface area contributed by atoms with Crippen LogP contribution in [0.1, 0.15) is 18.9 Å². The summed E-state index contributed by atoms with van der Waals surface area (Å²) in [6.45, 7) is 1.68. The smallest absolute Gasteiger partial charge is 0.185 e. The fraction of sp³-hybridized carbons (Fsp3) is 0.333. The number of aryl methyl sites for hydroxylation is 1. The summed E-state index contributed by atoms with van der Waals surface area (Å²) < 4.78 is 6.26. The van der Waals surface area contributed by atoms with Gasteiger partial charge in [-0.25, -0.2) is 0 Å². The molecule has 16 heavy (non-hydrogen) atoms. The van der Waals surface area contributed by atoms with Crippen LogP contribution in [0.5, 0.6) is 0 Å². The molecule has 0 aliphatic carbocycles. The number of nitrogens with zero attached hydrogens (tertiary/aromatic N) is 1. The van der Waals surface area contributed by atoms with Crippen LogP contribution in [0.3, 0.4) is 0 Å². The first kappa shape index (κ1) is 13.1. The van der Waals surface area contributed by atoms with E-state index in [2.05, 4.69) is 22.0 Å². The van der Waals surface area contributed by atoms with Gasteiger partial charge in [-0.3, -0.25) is 0 Å². The number of hydrogen-bond acceptors (Lipinski definition) is 3. The average Bonchev–Trinajstić information content (AvgIpc) is 2.26. The highest BCUT2D eigenvalue weighted by molar-refractivity contribution is 9.10. The van der Waals surface area contributed by atoms with Crippen LogP contribution in [-0.4, -0.2) is 11.2 Å². The molecule has 1 rings (SSSR count). The Morgan fingerprint density at radius 2 is 2.12 bits per heavy atom. The van der Waals surface area contributed by atoms with Crippen molar-refractivity contribution in [2.45, 2.75) is 25.9 Å². The first-order valence-corrected chi connectivity index (χ1v) is 6.13. The minimum Gasteiger partial charge on any atom is -0.469 e. The summed E-state index contributed by atoms with van der Waals surface area (Å²) in [7, 11) is 0. The molecule has 0 radical (unpaired) electrons. The van der Waals surface area contributed by atoms with Crippen LogP contribution in [0.2, 0.25) is 0 Å². The number of halogens is 1. The Labute approximate surface area is 109 Å². The van der Waals surface area contributed by atoms with E-state index in [0.29, 0.717) is 11.5 Å². The van der Waals surface area contributed by atoms with Crippen LogP contribution >= 0.6 is 28.1 Å². The molecule has 0 aromatic heterocycles. The van der Waals surface area contributed by atoms with Crippen LogP contribution in [-0.2, 0) is 11.2 Å². The molecule has 84 valence electrons. The lowest BCUT2D eigenvalue weighted by Gasteiger charge is -2.10. The van der Waals surface area contributed by atoms with Gasteiger partial charge in [-0.15, -0.1) is 0 Å². The van der Waals surface area contributed by atoms with Gasteiger partial charge in [0, 0.05) is 17.8 Å². The standard InChI is InChI=1S/C12H12BrNOS/c1-9(16)15-12(8-14)7-4-10-2-5-11(13)6-3-10/h2-3,5-6,12H,4,7H2,1H3. The molecule has 0 saturated heterocycles. The molecule has 0 aliphatic heterocycles. The van der Waals surface area contributed by atoms with Crippen molar-refractivity contribution in [1.29, 1.82) is 5.26 Å². The van der Waals surface area contributed by atoms with Gasteiger partial charge in [0.15, 0.2) is 11.2 Å². The topological polar surface area (TPSA) is 33.0 Å². The van der Waals surface area contributed by atoms with Crippen LogP contribution in [0.4, 0.5) is 0 Å². The van der Waals surface area contributed by atoms with Crippen molar-refractivity contribution in [3.8, 4) is 6.07 Å². The lowest BCUT2D eigenvalue weighted by atomic mass is 10.1. The zero-order valence-electron chi connectivity index (χ0n) is 8.94. The molecule has 0 saturated carbocycles. The molecule has 0 fully saturated rings. The predicted octanol–water partition coefficient (Wildman–Crippen LogP) is 3.64. The Kier molecular flexibility index (Phi) is 5.44. The van der Waals surface area contributed by atoms with Crippen molar-refractivity contribution in [2.75, 3.05) is 0 Å². The zero-order valence-corrected chi connectivity index (χ0v) is 11.3. The van der Waals surface area contributed by atoms with Crippen molar-refractivity contribution in [2.24, 2.45) is 0 Å². The number of thiocarbonyl (C=S) groups is 1. The predicted molar refractivity (Wildman–Crippen MR) is 71.2 cm³/mol. The lowest BCUT2D eigenvalue weighted by molar-refractivity contribution is 0.237. The third-order valence-electron chi connectivity index (χ3n) is 2.06. The average molecular weight is 298 g/mol. The normalized spacial score (nSPS) is 11.6. The summed E-state index contributed by atoms with van der Waals surface area (Å²) in [5.74, 6) is 0. The van der Waals surface area contributed by atoms with E-state index in [1.54, 1.807) is 6.92 Å². The van der Waals surface area contributed by atoms with Gasteiger partial charge in [0.1, 0.15) is 6.07 Å².